The number of hydrogen-bond donors (Lipinski definition) is 2. The van der Waals surface area contributed by atoms with Gasteiger partial charge in [0.2, 0.25) is 11.8 Å². The van der Waals surface area contributed by atoms with E-state index in [1.165, 1.54) is 6.08 Å². The Kier molecular flexibility index (Phi) is 6.83. The molecule has 4 aromatic rings. The fraction of sp³-hybridized carbons (Fsp3) is 0.241. The number of benzene rings is 1. The quantitative estimate of drug-likeness (QED) is 0.299. The maximum atomic E-state index is 14.6. The third-order valence-corrected chi connectivity index (χ3v) is 8.50. The van der Waals surface area contributed by atoms with Gasteiger partial charge >= 0.3 is 6.03 Å². The van der Waals surface area contributed by atoms with E-state index in [1.54, 1.807) is 46.5 Å². The molecule has 0 spiro atoms. The molecule has 3 N–H and O–H groups in total. The number of rotatable bonds is 7. The third kappa shape index (κ3) is 4.65. The van der Waals surface area contributed by atoms with Crippen molar-refractivity contribution in [1.82, 2.24) is 20.5 Å². The van der Waals surface area contributed by atoms with Crippen LogP contribution in [0, 0.1) is 6.92 Å². The first-order valence-electron chi connectivity index (χ1n) is 13.2. The molecule has 6 rings (SSSR count). The van der Waals surface area contributed by atoms with Gasteiger partial charge in [0.05, 0.1) is 34.5 Å². The van der Waals surface area contributed by atoms with Gasteiger partial charge in [-0.2, -0.15) is 5.10 Å². The number of nitrogens with one attached hydrogen (secondary N) is 1. The van der Waals surface area contributed by atoms with Crippen molar-refractivity contribution in [1.29, 1.82) is 0 Å². The van der Waals surface area contributed by atoms with Gasteiger partial charge in [-0.15, -0.1) is 16.4 Å². The van der Waals surface area contributed by atoms with Gasteiger partial charge in [0, 0.05) is 18.5 Å². The zero-order valence-corrected chi connectivity index (χ0v) is 23.1. The number of anilines is 3. The first-order valence-corrected chi connectivity index (χ1v) is 14.0. The van der Waals surface area contributed by atoms with Gasteiger partial charge in [-0.05, 0) is 61.7 Å². The summed E-state index contributed by atoms with van der Waals surface area (Å²) in [5, 5.41) is 11.5. The van der Waals surface area contributed by atoms with Crippen LogP contribution in [0.3, 0.4) is 0 Å². The highest BCUT2D eigenvalue weighted by Crippen LogP contribution is 2.50. The molecule has 11 nitrogen and oxygen atoms in total. The molecule has 2 aliphatic rings. The lowest BCUT2D eigenvalue weighted by Gasteiger charge is -2.44. The van der Waals surface area contributed by atoms with Crippen LogP contribution >= 0.6 is 11.3 Å². The number of hydrogen-bond acceptors (Lipinski definition) is 8. The molecular weight excluding hydrogens is 542 g/mol. The zero-order chi connectivity index (χ0) is 28.7. The Morgan fingerprint density at radius 3 is 2.73 bits per heavy atom. The monoisotopic (exact) mass is 569 g/mol. The number of pyridine rings is 1. The molecule has 4 heterocycles. The number of amides is 4. The molecule has 0 unspecified atom stereocenters. The Morgan fingerprint density at radius 2 is 2.00 bits per heavy atom. The van der Waals surface area contributed by atoms with Gasteiger partial charge in [0.25, 0.3) is 5.91 Å². The second kappa shape index (κ2) is 10.6. The molecule has 0 bridgehead atoms. The number of nitrogens with zero attached hydrogens (tertiary/aromatic N) is 5. The van der Waals surface area contributed by atoms with Crippen LogP contribution in [0.4, 0.5) is 21.9 Å². The predicted molar refractivity (Wildman–Crippen MR) is 156 cm³/mol. The number of carbonyl (C=O) groups is 3. The van der Waals surface area contributed by atoms with E-state index in [0.717, 1.165) is 29.7 Å². The summed E-state index contributed by atoms with van der Waals surface area (Å²) in [7, 11) is 0. The molecule has 1 aliphatic heterocycles. The van der Waals surface area contributed by atoms with Crippen LogP contribution in [-0.2, 0) is 4.79 Å². The van der Waals surface area contributed by atoms with E-state index >= 15 is 0 Å². The van der Waals surface area contributed by atoms with Crippen LogP contribution in [0.25, 0.3) is 10.2 Å². The van der Waals surface area contributed by atoms with E-state index in [9.17, 15) is 14.4 Å². The Hall–Kier alpha value is -4.84. The Bertz CT molecular complexity index is 1690. The summed E-state index contributed by atoms with van der Waals surface area (Å²) in [6.45, 7) is 5.47. The number of primary amides is 1. The summed E-state index contributed by atoms with van der Waals surface area (Å²) in [5.74, 6) is -0.0584. The van der Waals surface area contributed by atoms with E-state index in [4.69, 9.17) is 10.5 Å². The standard InChI is InChI=1S/C29H27N7O4S/c1-3-22(37)33-18-7-4-5-8-20(18)36-25-24-21(12-14-31-28(24)41-26(25)27(30)38)35(29(36)39)19-11-10-17(15-16(19)2)40-23-9-6-13-32-34-23/h3,6,9-15,18,20H,1,4-5,7-8H2,2H3,(H2,30,38)(H,33,37)/t18-,20+/m0/s1. The van der Waals surface area contributed by atoms with Crippen LogP contribution in [0.2, 0.25) is 0 Å². The minimum atomic E-state index is -0.635. The summed E-state index contributed by atoms with van der Waals surface area (Å²) in [6.07, 6.45) is 7.48. The molecule has 0 radical (unpaired) electrons. The first kappa shape index (κ1) is 26.4. The highest BCUT2D eigenvalue weighted by molar-refractivity contribution is 7.21. The summed E-state index contributed by atoms with van der Waals surface area (Å²) in [4.78, 5) is 48.3. The van der Waals surface area contributed by atoms with E-state index in [1.807, 2.05) is 19.1 Å². The van der Waals surface area contributed by atoms with Crippen molar-refractivity contribution in [2.45, 2.75) is 44.7 Å². The van der Waals surface area contributed by atoms with Crippen molar-refractivity contribution >= 4 is 56.5 Å². The average Bonchev–Trinajstić information content (AvgIpc) is 3.36. The number of carbonyl (C=O) groups excluding carboxylic acids is 3. The summed E-state index contributed by atoms with van der Waals surface area (Å²) in [5.41, 5.74) is 8.30. The molecule has 12 heteroatoms. The minimum Gasteiger partial charge on any atom is -0.438 e. The molecule has 3 aromatic heterocycles. The van der Waals surface area contributed by atoms with Crippen molar-refractivity contribution in [3.63, 3.8) is 0 Å². The van der Waals surface area contributed by atoms with Gasteiger partial charge in [-0.1, -0.05) is 19.4 Å². The number of ether oxygens (including phenoxy) is 1. The van der Waals surface area contributed by atoms with Crippen molar-refractivity contribution in [2.24, 2.45) is 5.73 Å². The molecule has 1 saturated carbocycles. The van der Waals surface area contributed by atoms with Crippen molar-refractivity contribution in [3.05, 3.63) is 71.9 Å². The van der Waals surface area contributed by atoms with Gasteiger partial charge < -0.3 is 15.8 Å². The largest absolute Gasteiger partial charge is 0.438 e. The topological polar surface area (TPSA) is 144 Å². The number of aromatic nitrogens is 3. The lowest BCUT2D eigenvalue weighted by Crippen LogP contribution is -2.58. The maximum Gasteiger partial charge on any atom is 0.334 e. The van der Waals surface area contributed by atoms with E-state index in [2.05, 4.69) is 27.1 Å². The highest BCUT2D eigenvalue weighted by Gasteiger charge is 2.44. The smallest absolute Gasteiger partial charge is 0.334 e. The third-order valence-electron chi connectivity index (χ3n) is 7.40. The molecule has 2 atom stereocenters. The Labute approximate surface area is 239 Å². The van der Waals surface area contributed by atoms with Crippen molar-refractivity contribution in [2.75, 3.05) is 9.80 Å². The fourth-order valence-electron chi connectivity index (χ4n) is 5.66. The number of nitrogens with two attached hydrogens (primary N) is 1. The molecular formula is C29H27N7O4S. The molecule has 1 fully saturated rings. The van der Waals surface area contributed by atoms with Crippen LogP contribution in [0.15, 0.2) is 61.4 Å². The van der Waals surface area contributed by atoms with Gasteiger partial charge in [-0.25, -0.2) is 9.78 Å². The maximum absolute atomic E-state index is 14.6. The molecule has 208 valence electrons. The highest BCUT2D eigenvalue weighted by atomic mass is 32.1. The lowest BCUT2D eigenvalue weighted by molar-refractivity contribution is -0.117. The van der Waals surface area contributed by atoms with E-state index in [-0.39, 0.29) is 22.9 Å². The number of aryl methyl sites for hydroxylation is 1. The fourth-order valence-corrected chi connectivity index (χ4v) is 6.66. The van der Waals surface area contributed by atoms with Crippen LogP contribution in [0.5, 0.6) is 11.6 Å². The summed E-state index contributed by atoms with van der Waals surface area (Å²) in [6, 6.07) is 9.51. The summed E-state index contributed by atoms with van der Waals surface area (Å²) < 4.78 is 5.85. The second-order valence-electron chi connectivity index (χ2n) is 9.93. The van der Waals surface area contributed by atoms with Gasteiger partial charge in [0.1, 0.15) is 15.5 Å². The molecule has 41 heavy (non-hydrogen) atoms. The van der Waals surface area contributed by atoms with Gasteiger partial charge in [0.15, 0.2) is 0 Å². The number of thiophene rings is 1. The minimum absolute atomic E-state index is 0.261. The SMILES string of the molecule is C=CC(=O)N[C@H]1CCCC[C@H]1N1C(=O)N(c2ccc(Oc3cccnn3)cc2C)c2ccnc3sc(C(N)=O)c1c23. The Balaban J connectivity index is 1.49. The van der Waals surface area contributed by atoms with Crippen molar-refractivity contribution in [3.8, 4) is 11.6 Å². The van der Waals surface area contributed by atoms with E-state index < -0.39 is 11.9 Å². The normalized spacial score (nSPS) is 18.3. The molecule has 0 saturated heterocycles. The van der Waals surface area contributed by atoms with E-state index in [0.29, 0.717) is 51.7 Å². The number of urea groups is 1. The zero-order valence-electron chi connectivity index (χ0n) is 22.2. The second-order valence-corrected chi connectivity index (χ2v) is 10.9. The van der Waals surface area contributed by atoms with Crippen molar-refractivity contribution < 1.29 is 19.1 Å². The average molecular weight is 570 g/mol. The summed E-state index contributed by atoms with van der Waals surface area (Å²) >= 11 is 1.16. The Morgan fingerprint density at radius 1 is 1.17 bits per heavy atom. The van der Waals surface area contributed by atoms with Gasteiger partial charge in [-0.3, -0.25) is 19.4 Å². The molecule has 1 aliphatic carbocycles. The molecule has 4 amide bonds. The van der Waals surface area contributed by atoms with Crippen LogP contribution in [0.1, 0.15) is 40.9 Å². The van der Waals surface area contributed by atoms with Crippen LogP contribution < -0.4 is 25.6 Å². The predicted octanol–water partition coefficient (Wildman–Crippen LogP) is 4.98. The lowest BCUT2D eigenvalue weighted by atomic mass is 9.88. The van der Waals surface area contributed by atoms with Crippen LogP contribution in [-0.4, -0.2) is 45.1 Å². The first-order chi connectivity index (χ1) is 19.9. The molecule has 1 aromatic carbocycles.